The highest BCUT2D eigenvalue weighted by molar-refractivity contribution is 6.32. The van der Waals surface area contributed by atoms with Crippen LogP contribution in [0.4, 0.5) is 0 Å². The van der Waals surface area contributed by atoms with Crippen LogP contribution >= 0.6 is 0 Å². The van der Waals surface area contributed by atoms with Crippen molar-refractivity contribution < 1.29 is 14.2 Å². The van der Waals surface area contributed by atoms with E-state index < -0.39 is 0 Å². The number of hydrogen-bond donors (Lipinski definition) is 0. The highest BCUT2D eigenvalue weighted by atomic mass is 16.6. The smallest absolute Gasteiger partial charge is 0.203 e. The third-order valence-corrected chi connectivity index (χ3v) is 4.07. The minimum absolute atomic E-state index is 0.0203. The largest absolute Gasteiger partial charge is 0.493 e. The first-order valence-corrected chi connectivity index (χ1v) is 7.93. The minimum Gasteiger partial charge on any atom is -0.493 e. The van der Waals surface area contributed by atoms with Gasteiger partial charge < -0.3 is 18.8 Å². The molecule has 4 rings (SSSR count). The van der Waals surface area contributed by atoms with Gasteiger partial charge in [0.2, 0.25) is 5.75 Å². The Balaban J connectivity index is 1.78. The molecule has 2 aromatic heterocycles. The van der Waals surface area contributed by atoms with Crippen LogP contribution in [0.25, 0.3) is 11.2 Å². The zero-order valence-corrected chi connectivity index (χ0v) is 14.0. The van der Waals surface area contributed by atoms with Gasteiger partial charge in [-0.2, -0.15) is 0 Å². The summed E-state index contributed by atoms with van der Waals surface area (Å²) in [5, 5.41) is 0. The molecule has 25 heavy (non-hydrogen) atoms. The number of hydrogen-bond acceptors (Lipinski definition) is 5. The van der Waals surface area contributed by atoms with Crippen molar-refractivity contribution in [3.63, 3.8) is 0 Å². The number of rotatable bonds is 3. The summed E-state index contributed by atoms with van der Waals surface area (Å²) in [6.07, 6.45) is -0.0203. The lowest BCUT2D eigenvalue weighted by molar-refractivity contribution is 0.100. The first kappa shape index (κ1) is 15.9. The predicted octanol–water partition coefficient (Wildman–Crippen LogP) is 0.235. The van der Waals surface area contributed by atoms with Crippen LogP contribution in [0.5, 0.6) is 17.2 Å². The molecule has 8 heteroatoms. The van der Waals surface area contributed by atoms with Crippen molar-refractivity contribution in [1.82, 2.24) is 14.5 Å². The molecule has 0 fully saturated rings. The van der Waals surface area contributed by atoms with Crippen LogP contribution in [0.1, 0.15) is 12.5 Å². The maximum atomic E-state index is 6.07. The zero-order chi connectivity index (χ0) is 17.6. The van der Waals surface area contributed by atoms with E-state index in [0.29, 0.717) is 52.9 Å². The number of fused-ring (bicyclic) bond motifs is 2. The van der Waals surface area contributed by atoms with Gasteiger partial charge in [0.15, 0.2) is 25.0 Å². The summed E-state index contributed by atoms with van der Waals surface area (Å²) in [6, 6.07) is 7.32. The summed E-state index contributed by atoms with van der Waals surface area (Å²) in [4.78, 5) is 8.67. The van der Waals surface area contributed by atoms with Crippen molar-refractivity contribution in [2.45, 2.75) is 19.6 Å². The van der Waals surface area contributed by atoms with Gasteiger partial charge in [-0.25, -0.2) is 9.97 Å². The molecule has 0 N–H and O–H groups in total. The second-order valence-electron chi connectivity index (χ2n) is 6.00. The van der Waals surface area contributed by atoms with Crippen molar-refractivity contribution in [3.8, 4) is 17.2 Å². The van der Waals surface area contributed by atoms with Gasteiger partial charge in [0.1, 0.15) is 26.1 Å². The number of nitrogens with zero attached hydrogens (tertiary/aromatic N) is 3. The number of ether oxygens (including phenoxy) is 3. The van der Waals surface area contributed by atoms with E-state index in [1.54, 1.807) is 23.8 Å². The van der Waals surface area contributed by atoms with E-state index in [2.05, 4.69) is 9.97 Å². The summed E-state index contributed by atoms with van der Waals surface area (Å²) in [6.45, 7) is 2.90. The van der Waals surface area contributed by atoms with Crippen LogP contribution in [-0.2, 0) is 6.54 Å². The van der Waals surface area contributed by atoms with Crippen molar-refractivity contribution >= 4 is 38.2 Å². The lowest BCUT2D eigenvalue weighted by Gasteiger charge is -2.26. The van der Waals surface area contributed by atoms with E-state index in [-0.39, 0.29) is 6.10 Å². The third-order valence-electron chi connectivity index (χ3n) is 4.07. The van der Waals surface area contributed by atoms with E-state index in [0.717, 1.165) is 5.56 Å². The van der Waals surface area contributed by atoms with Gasteiger partial charge in [0.05, 0.1) is 19.4 Å². The topological polar surface area (TPSA) is 58.4 Å². The van der Waals surface area contributed by atoms with Crippen molar-refractivity contribution in [1.29, 1.82) is 0 Å². The Hall–Kier alpha value is -2.63. The molecule has 0 saturated carbocycles. The lowest BCUT2D eigenvalue weighted by atomic mass is 10.0. The summed E-state index contributed by atoms with van der Waals surface area (Å²) in [5.74, 6) is 1.90. The molecular weight excluding hydrogens is 316 g/mol. The Morgan fingerprint density at radius 3 is 2.92 bits per heavy atom. The molecule has 0 saturated heterocycles. The van der Waals surface area contributed by atoms with Crippen molar-refractivity contribution in [3.05, 3.63) is 29.8 Å². The van der Waals surface area contributed by atoms with Crippen LogP contribution in [-0.4, -0.2) is 50.0 Å². The molecule has 0 spiro atoms. The molecular formula is C17H15B2N3O3. The Labute approximate surface area is 147 Å². The molecule has 6 nitrogen and oxygen atoms in total. The van der Waals surface area contributed by atoms with E-state index in [1.807, 2.05) is 19.1 Å². The average Bonchev–Trinajstić information content (AvgIpc) is 2.89. The van der Waals surface area contributed by atoms with Crippen LogP contribution in [0.2, 0.25) is 0 Å². The van der Waals surface area contributed by atoms with Gasteiger partial charge in [-0.1, -0.05) is 0 Å². The average molecular weight is 331 g/mol. The highest BCUT2D eigenvalue weighted by Crippen LogP contribution is 2.41. The lowest BCUT2D eigenvalue weighted by Crippen LogP contribution is -2.26. The Morgan fingerprint density at radius 1 is 1.28 bits per heavy atom. The number of aromatic nitrogens is 3. The standard InChI is InChI=1S/C17H15B2N3O3/c1-9-8-24-15-12(23-2)5-10(6-13(15)25-9)7-22-16-11(20-17(22)19)3-4-14(18)21-16/h3-6,9H,7-8H2,1-2H3. The Kier molecular flexibility index (Phi) is 3.82. The molecule has 4 radical (unpaired) electrons. The van der Waals surface area contributed by atoms with E-state index in [1.165, 1.54) is 0 Å². The fourth-order valence-corrected chi connectivity index (χ4v) is 2.93. The van der Waals surface area contributed by atoms with Crippen LogP contribution in [0.15, 0.2) is 24.3 Å². The molecule has 1 atom stereocenters. The van der Waals surface area contributed by atoms with E-state index in [9.17, 15) is 0 Å². The number of methoxy groups -OCH3 is 1. The number of imidazole rings is 1. The molecule has 1 aliphatic rings. The highest BCUT2D eigenvalue weighted by Gasteiger charge is 2.23. The second kappa shape index (κ2) is 6.02. The van der Waals surface area contributed by atoms with Crippen molar-refractivity contribution in [2.75, 3.05) is 13.7 Å². The summed E-state index contributed by atoms with van der Waals surface area (Å²) < 4.78 is 18.9. The zero-order valence-electron chi connectivity index (χ0n) is 14.0. The Morgan fingerprint density at radius 2 is 2.12 bits per heavy atom. The van der Waals surface area contributed by atoms with Gasteiger partial charge >= 0.3 is 0 Å². The molecule has 122 valence electrons. The summed E-state index contributed by atoms with van der Waals surface area (Å²) >= 11 is 0. The van der Waals surface area contributed by atoms with Gasteiger partial charge in [-0.3, -0.25) is 0 Å². The van der Waals surface area contributed by atoms with Crippen LogP contribution in [0.3, 0.4) is 0 Å². The van der Waals surface area contributed by atoms with Gasteiger partial charge in [-0.05, 0) is 42.3 Å². The molecule has 1 aromatic carbocycles. The maximum absolute atomic E-state index is 6.07. The fourth-order valence-electron chi connectivity index (χ4n) is 2.93. The molecule has 1 unspecified atom stereocenters. The first-order chi connectivity index (χ1) is 12.0. The second-order valence-corrected chi connectivity index (χ2v) is 6.00. The van der Waals surface area contributed by atoms with Gasteiger partial charge in [0, 0.05) is 0 Å². The monoisotopic (exact) mass is 331 g/mol. The normalized spacial score (nSPS) is 16.2. The van der Waals surface area contributed by atoms with Crippen LogP contribution < -0.4 is 25.5 Å². The molecule has 3 aromatic rings. The molecule has 3 heterocycles. The van der Waals surface area contributed by atoms with Crippen LogP contribution in [0, 0.1) is 0 Å². The maximum Gasteiger partial charge on any atom is 0.203 e. The summed E-state index contributed by atoms with van der Waals surface area (Å²) in [5.41, 5.74) is 3.06. The van der Waals surface area contributed by atoms with E-state index in [4.69, 9.17) is 29.9 Å². The third kappa shape index (κ3) is 2.81. The predicted molar refractivity (Wildman–Crippen MR) is 96.0 cm³/mol. The van der Waals surface area contributed by atoms with E-state index >= 15 is 0 Å². The van der Waals surface area contributed by atoms with Crippen molar-refractivity contribution in [2.24, 2.45) is 0 Å². The molecule has 0 bridgehead atoms. The summed E-state index contributed by atoms with van der Waals surface area (Å²) in [7, 11) is 13.5. The number of benzene rings is 1. The quantitative estimate of drug-likeness (QED) is 0.644. The molecule has 1 aliphatic heterocycles. The Bertz CT molecular complexity index is 958. The molecule has 0 amide bonds. The van der Waals surface area contributed by atoms with Gasteiger partial charge in [-0.15, -0.1) is 0 Å². The fraction of sp³-hybridized carbons (Fsp3) is 0.294. The minimum atomic E-state index is -0.0203. The molecule has 0 aliphatic carbocycles. The SMILES string of the molecule is [B]c1ccc2nc([B])n(Cc3cc(OC)c4c(c3)OC(C)CO4)c2n1. The number of pyridine rings is 1. The van der Waals surface area contributed by atoms with Gasteiger partial charge in [0.25, 0.3) is 0 Å². The first-order valence-electron chi connectivity index (χ1n) is 7.93.